The Hall–Kier alpha value is -1.02. The van der Waals surface area contributed by atoms with Crippen LogP contribution in [0, 0.1) is 5.92 Å². The van der Waals surface area contributed by atoms with E-state index in [4.69, 9.17) is 17.3 Å². The molecule has 0 heterocycles. The van der Waals surface area contributed by atoms with Gasteiger partial charge in [-0.3, -0.25) is 4.99 Å². The van der Waals surface area contributed by atoms with Crippen LogP contribution in [-0.2, 0) is 6.54 Å². The molecule has 3 heteroatoms. The van der Waals surface area contributed by atoms with Crippen molar-refractivity contribution in [1.29, 1.82) is 0 Å². The highest BCUT2D eigenvalue weighted by atomic mass is 35.5. The zero-order valence-electron chi connectivity index (χ0n) is 8.50. The minimum absolute atomic E-state index is 0.289. The lowest BCUT2D eigenvalue weighted by molar-refractivity contribution is 0.855. The Bertz CT molecular complexity index is 332. The highest BCUT2D eigenvalue weighted by Crippen LogP contribution is 2.15. The summed E-state index contributed by atoms with van der Waals surface area (Å²) < 4.78 is 0. The number of rotatable bonds is 3. The topological polar surface area (TPSA) is 38.4 Å². The van der Waals surface area contributed by atoms with Crippen molar-refractivity contribution in [2.45, 2.75) is 20.4 Å². The van der Waals surface area contributed by atoms with Gasteiger partial charge in [-0.15, -0.1) is 0 Å². The van der Waals surface area contributed by atoms with Crippen LogP contribution in [0.4, 0.5) is 0 Å². The number of benzene rings is 1. The summed E-state index contributed by atoms with van der Waals surface area (Å²) in [5.74, 6) is 0.961. The Morgan fingerprint density at radius 1 is 1.43 bits per heavy atom. The molecule has 14 heavy (non-hydrogen) atoms. The molecule has 1 aromatic carbocycles. The van der Waals surface area contributed by atoms with Gasteiger partial charge in [0, 0.05) is 10.9 Å². The number of hydrogen-bond acceptors (Lipinski definition) is 1. The third-order valence-corrected chi connectivity index (χ3v) is 2.35. The molecule has 2 nitrogen and oxygen atoms in total. The normalized spacial score (nSPS) is 12.1. The predicted molar refractivity (Wildman–Crippen MR) is 61.6 cm³/mol. The Kier molecular flexibility index (Phi) is 3.96. The third kappa shape index (κ3) is 3.04. The molecule has 0 spiro atoms. The molecule has 0 saturated carbocycles. The first-order valence-corrected chi connectivity index (χ1v) is 5.02. The number of amidine groups is 1. The van der Waals surface area contributed by atoms with Crippen LogP contribution in [0.15, 0.2) is 29.3 Å². The number of aliphatic imine (C=N–C) groups is 1. The maximum atomic E-state index is 5.98. The lowest BCUT2D eigenvalue weighted by Crippen LogP contribution is -2.18. The van der Waals surface area contributed by atoms with Crippen molar-refractivity contribution < 1.29 is 0 Å². The molecule has 0 bridgehead atoms. The van der Waals surface area contributed by atoms with E-state index in [0.717, 1.165) is 10.6 Å². The summed E-state index contributed by atoms with van der Waals surface area (Å²) in [4.78, 5) is 4.26. The smallest absolute Gasteiger partial charge is 0.0966 e. The van der Waals surface area contributed by atoms with Crippen LogP contribution in [-0.4, -0.2) is 5.84 Å². The first kappa shape index (κ1) is 11.1. The van der Waals surface area contributed by atoms with Gasteiger partial charge in [0.1, 0.15) is 0 Å². The minimum atomic E-state index is 0.289. The maximum absolute atomic E-state index is 5.98. The summed E-state index contributed by atoms with van der Waals surface area (Å²) in [6.07, 6.45) is 0. The van der Waals surface area contributed by atoms with Gasteiger partial charge in [0.25, 0.3) is 0 Å². The standard InChI is InChI=1S/C11H15ClN2/c1-8(2)11(13)14-7-9-5-3-4-6-10(9)12/h3-6,8H,7H2,1-2H3,(H2,13,14). The molecule has 0 fully saturated rings. The van der Waals surface area contributed by atoms with Crippen LogP contribution in [0.2, 0.25) is 5.02 Å². The number of nitrogens with two attached hydrogens (primary N) is 1. The van der Waals surface area contributed by atoms with Crippen LogP contribution >= 0.6 is 11.6 Å². The molecule has 0 atom stereocenters. The second-order valence-electron chi connectivity index (χ2n) is 3.49. The largest absolute Gasteiger partial charge is 0.387 e. The van der Waals surface area contributed by atoms with Crippen molar-refractivity contribution in [1.82, 2.24) is 0 Å². The van der Waals surface area contributed by atoms with Gasteiger partial charge in [0.15, 0.2) is 0 Å². The van der Waals surface area contributed by atoms with Gasteiger partial charge >= 0.3 is 0 Å². The molecule has 76 valence electrons. The van der Waals surface area contributed by atoms with Crippen molar-refractivity contribution in [2.75, 3.05) is 0 Å². The number of nitrogens with zero attached hydrogens (tertiary/aromatic N) is 1. The Labute approximate surface area is 89.8 Å². The SMILES string of the molecule is CC(C)C(N)=NCc1ccccc1Cl. The summed E-state index contributed by atoms with van der Waals surface area (Å²) >= 11 is 5.98. The fourth-order valence-corrected chi connectivity index (χ4v) is 1.18. The highest BCUT2D eigenvalue weighted by molar-refractivity contribution is 6.31. The second kappa shape index (κ2) is 5.01. The summed E-state index contributed by atoms with van der Waals surface area (Å²) in [6.45, 7) is 4.60. The van der Waals surface area contributed by atoms with Crippen LogP contribution in [0.5, 0.6) is 0 Å². The Morgan fingerprint density at radius 3 is 2.64 bits per heavy atom. The first-order valence-electron chi connectivity index (χ1n) is 4.64. The van der Waals surface area contributed by atoms with E-state index in [-0.39, 0.29) is 5.92 Å². The van der Waals surface area contributed by atoms with Crippen molar-refractivity contribution in [3.05, 3.63) is 34.9 Å². The minimum Gasteiger partial charge on any atom is -0.387 e. The average Bonchev–Trinajstić information content (AvgIpc) is 2.16. The maximum Gasteiger partial charge on any atom is 0.0966 e. The van der Waals surface area contributed by atoms with E-state index in [1.54, 1.807) is 0 Å². The summed E-state index contributed by atoms with van der Waals surface area (Å²) in [5, 5.41) is 0.743. The van der Waals surface area contributed by atoms with E-state index < -0.39 is 0 Å². The molecule has 0 aliphatic carbocycles. The monoisotopic (exact) mass is 210 g/mol. The lowest BCUT2D eigenvalue weighted by atomic mass is 10.2. The zero-order chi connectivity index (χ0) is 10.6. The lowest BCUT2D eigenvalue weighted by Gasteiger charge is -2.04. The van der Waals surface area contributed by atoms with E-state index in [2.05, 4.69) is 4.99 Å². The molecule has 1 rings (SSSR count). The van der Waals surface area contributed by atoms with Crippen LogP contribution < -0.4 is 5.73 Å². The molecule has 0 aliphatic rings. The molecule has 0 aromatic heterocycles. The van der Waals surface area contributed by atoms with E-state index in [0.29, 0.717) is 12.4 Å². The van der Waals surface area contributed by atoms with Gasteiger partial charge in [0.2, 0.25) is 0 Å². The molecule has 1 aromatic rings. The van der Waals surface area contributed by atoms with Crippen molar-refractivity contribution in [3.8, 4) is 0 Å². The molecule has 2 N–H and O–H groups in total. The van der Waals surface area contributed by atoms with Crippen molar-refractivity contribution in [2.24, 2.45) is 16.6 Å². The third-order valence-electron chi connectivity index (χ3n) is 1.98. The molecule has 0 amide bonds. The van der Waals surface area contributed by atoms with Gasteiger partial charge in [-0.2, -0.15) is 0 Å². The van der Waals surface area contributed by atoms with Gasteiger partial charge in [-0.05, 0) is 11.6 Å². The number of hydrogen-bond donors (Lipinski definition) is 1. The molecule has 0 aliphatic heterocycles. The van der Waals surface area contributed by atoms with Gasteiger partial charge < -0.3 is 5.73 Å². The molecule has 0 radical (unpaired) electrons. The average molecular weight is 211 g/mol. The van der Waals surface area contributed by atoms with E-state index in [9.17, 15) is 0 Å². The van der Waals surface area contributed by atoms with Crippen molar-refractivity contribution >= 4 is 17.4 Å². The fraction of sp³-hybridized carbons (Fsp3) is 0.364. The first-order chi connectivity index (χ1) is 6.61. The Morgan fingerprint density at radius 2 is 2.07 bits per heavy atom. The molecule has 0 unspecified atom stereocenters. The number of halogens is 1. The zero-order valence-corrected chi connectivity index (χ0v) is 9.25. The second-order valence-corrected chi connectivity index (χ2v) is 3.89. The van der Waals surface area contributed by atoms with Gasteiger partial charge in [0.05, 0.1) is 12.4 Å². The summed E-state index contributed by atoms with van der Waals surface area (Å²) in [5.41, 5.74) is 6.73. The van der Waals surface area contributed by atoms with Crippen LogP contribution in [0.1, 0.15) is 19.4 Å². The van der Waals surface area contributed by atoms with Crippen LogP contribution in [0.25, 0.3) is 0 Å². The van der Waals surface area contributed by atoms with Crippen LogP contribution in [0.3, 0.4) is 0 Å². The molecular formula is C11H15ClN2. The van der Waals surface area contributed by atoms with Crippen molar-refractivity contribution in [3.63, 3.8) is 0 Å². The fourth-order valence-electron chi connectivity index (χ4n) is 0.986. The predicted octanol–water partition coefficient (Wildman–Crippen LogP) is 2.85. The van der Waals surface area contributed by atoms with Gasteiger partial charge in [-0.25, -0.2) is 0 Å². The van der Waals surface area contributed by atoms with Gasteiger partial charge in [-0.1, -0.05) is 43.6 Å². The Balaban J connectivity index is 2.71. The summed E-state index contributed by atoms with van der Waals surface area (Å²) in [7, 11) is 0. The quantitative estimate of drug-likeness (QED) is 0.605. The van der Waals surface area contributed by atoms with E-state index in [1.807, 2.05) is 38.1 Å². The summed E-state index contributed by atoms with van der Waals surface area (Å²) in [6, 6.07) is 7.67. The molecule has 0 saturated heterocycles. The molecular weight excluding hydrogens is 196 g/mol. The van der Waals surface area contributed by atoms with E-state index >= 15 is 0 Å². The van der Waals surface area contributed by atoms with E-state index in [1.165, 1.54) is 0 Å². The highest BCUT2D eigenvalue weighted by Gasteiger charge is 2.00.